The summed E-state index contributed by atoms with van der Waals surface area (Å²) in [5.41, 5.74) is 1.69. The lowest BCUT2D eigenvalue weighted by atomic mass is 9.97. The van der Waals surface area contributed by atoms with Crippen molar-refractivity contribution in [1.29, 1.82) is 0 Å². The molecule has 0 atom stereocenters. The van der Waals surface area contributed by atoms with Crippen molar-refractivity contribution in [2.24, 2.45) is 5.92 Å². The SMILES string of the molecule is COc1ccc(CCNC(=O)C2CCN(S(=O)(=O)Cc3cccc(Cl)c3)CC2)cc1OC. The standard InChI is InChI=1S/C23H29ClN2O5S/c1-30-21-7-6-17(15-22(21)31-2)8-11-25-23(27)19-9-12-26(13-10-19)32(28,29)16-18-4-3-5-20(24)14-18/h3-7,14-15,19H,8-13,16H2,1-2H3,(H,25,27). The second kappa shape index (κ2) is 11.0. The summed E-state index contributed by atoms with van der Waals surface area (Å²) < 4.78 is 37.5. The smallest absolute Gasteiger partial charge is 0.223 e. The van der Waals surface area contributed by atoms with Gasteiger partial charge in [0.1, 0.15) is 0 Å². The van der Waals surface area contributed by atoms with Crippen LogP contribution >= 0.6 is 11.6 Å². The molecule has 9 heteroatoms. The number of amides is 1. The second-order valence-corrected chi connectivity index (χ2v) is 10.2. The van der Waals surface area contributed by atoms with Gasteiger partial charge in [0.25, 0.3) is 0 Å². The topological polar surface area (TPSA) is 84.9 Å². The molecule has 1 saturated heterocycles. The maximum absolute atomic E-state index is 12.7. The van der Waals surface area contributed by atoms with E-state index in [0.717, 1.165) is 5.56 Å². The zero-order valence-electron chi connectivity index (χ0n) is 18.3. The van der Waals surface area contributed by atoms with Crippen LogP contribution in [0.3, 0.4) is 0 Å². The van der Waals surface area contributed by atoms with Crippen LogP contribution in [0, 0.1) is 5.92 Å². The molecule has 0 unspecified atom stereocenters. The molecule has 2 aromatic carbocycles. The van der Waals surface area contributed by atoms with Crippen molar-refractivity contribution in [2.45, 2.75) is 25.0 Å². The van der Waals surface area contributed by atoms with Gasteiger partial charge in [-0.2, -0.15) is 0 Å². The third-order valence-corrected chi connectivity index (χ3v) is 7.70. The number of ether oxygens (including phenoxy) is 2. The van der Waals surface area contributed by atoms with Crippen LogP contribution in [0.1, 0.15) is 24.0 Å². The number of piperidine rings is 1. The molecule has 1 heterocycles. The number of carbonyl (C=O) groups excluding carboxylic acids is 1. The molecule has 174 valence electrons. The van der Waals surface area contributed by atoms with E-state index >= 15 is 0 Å². The van der Waals surface area contributed by atoms with Gasteiger partial charge in [-0.05, 0) is 54.7 Å². The number of hydrogen-bond acceptors (Lipinski definition) is 5. The number of halogens is 1. The van der Waals surface area contributed by atoms with Crippen molar-refractivity contribution in [2.75, 3.05) is 33.9 Å². The number of benzene rings is 2. The van der Waals surface area contributed by atoms with E-state index in [4.69, 9.17) is 21.1 Å². The molecule has 1 amide bonds. The predicted octanol–water partition coefficient (Wildman–Crippen LogP) is 3.26. The Kier molecular flexibility index (Phi) is 8.39. The molecule has 0 spiro atoms. The number of rotatable bonds is 9. The third kappa shape index (κ3) is 6.37. The van der Waals surface area contributed by atoms with E-state index in [1.807, 2.05) is 18.2 Å². The molecule has 7 nitrogen and oxygen atoms in total. The summed E-state index contributed by atoms with van der Waals surface area (Å²) >= 11 is 5.96. The van der Waals surface area contributed by atoms with Crippen LogP contribution in [0.2, 0.25) is 5.02 Å². The Morgan fingerprint density at radius 1 is 1.06 bits per heavy atom. The number of nitrogens with zero attached hydrogens (tertiary/aromatic N) is 1. The number of methoxy groups -OCH3 is 2. The van der Waals surface area contributed by atoms with E-state index in [1.165, 1.54) is 4.31 Å². The van der Waals surface area contributed by atoms with Crippen LogP contribution in [0.25, 0.3) is 0 Å². The van der Waals surface area contributed by atoms with E-state index in [2.05, 4.69) is 5.32 Å². The van der Waals surface area contributed by atoms with Crippen molar-refractivity contribution in [3.8, 4) is 11.5 Å². The highest BCUT2D eigenvalue weighted by molar-refractivity contribution is 7.88. The maximum Gasteiger partial charge on any atom is 0.223 e. The molecule has 0 aromatic heterocycles. The Balaban J connectivity index is 1.46. The highest BCUT2D eigenvalue weighted by Crippen LogP contribution is 2.27. The summed E-state index contributed by atoms with van der Waals surface area (Å²) in [4.78, 5) is 12.6. The summed E-state index contributed by atoms with van der Waals surface area (Å²) in [6, 6.07) is 12.6. The van der Waals surface area contributed by atoms with Crippen molar-refractivity contribution >= 4 is 27.5 Å². The van der Waals surface area contributed by atoms with E-state index in [1.54, 1.807) is 38.5 Å². The average Bonchev–Trinajstić information content (AvgIpc) is 2.78. The highest BCUT2D eigenvalue weighted by Gasteiger charge is 2.31. The average molecular weight is 481 g/mol. The first-order valence-electron chi connectivity index (χ1n) is 10.5. The minimum absolute atomic E-state index is 0.0302. The Labute approximate surface area is 194 Å². The van der Waals surface area contributed by atoms with E-state index in [0.29, 0.717) is 61.0 Å². The lowest BCUT2D eigenvalue weighted by Gasteiger charge is -2.30. The molecule has 1 N–H and O–H groups in total. The largest absolute Gasteiger partial charge is 0.493 e. The lowest BCUT2D eigenvalue weighted by molar-refractivity contribution is -0.126. The molecule has 1 fully saturated rings. The molecule has 0 radical (unpaired) electrons. The summed E-state index contributed by atoms with van der Waals surface area (Å²) in [6.07, 6.45) is 1.69. The maximum atomic E-state index is 12.7. The van der Waals surface area contributed by atoms with Gasteiger partial charge in [0.2, 0.25) is 15.9 Å². The third-order valence-electron chi connectivity index (χ3n) is 5.62. The molecule has 0 saturated carbocycles. The number of nitrogens with one attached hydrogen (secondary N) is 1. The van der Waals surface area contributed by atoms with Gasteiger partial charge in [-0.3, -0.25) is 4.79 Å². The van der Waals surface area contributed by atoms with Crippen LogP contribution < -0.4 is 14.8 Å². The van der Waals surface area contributed by atoms with Crippen LogP contribution in [0.5, 0.6) is 11.5 Å². The van der Waals surface area contributed by atoms with Gasteiger partial charge in [-0.1, -0.05) is 29.8 Å². The highest BCUT2D eigenvalue weighted by atomic mass is 35.5. The minimum atomic E-state index is -3.45. The quantitative estimate of drug-likeness (QED) is 0.595. The Bertz CT molecular complexity index is 1040. The second-order valence-electron chi connectivity index (χ2n) is 7.79. The zero-order chi connectivity index (χ0) is 23.1. The van der Waals surface area contributed by atoms with Crippen molar-refractivity contribution in [3.63, 3.8) is 0 Å². The first kappa shape index (κ1) is 24.4. The summed E-state index contributed by atoms with van der Waals surface area (Å²) in [5.74, 6) is 1.02. The fraction of sp³-hybridized carbons (Fsp3) is 0.435. The fourth-order valence-electron chi connectivity index (χ4n) is 3.84. The van der Waals surface area contributed by atoms with Gasteiger partial charge < -0.3 is 14.8 Å². The molecule has 3 rings (SSSR count). The van der Waals surface area contributed by atoms with Crippen molar-refractivity contribution in [3.05, 3.63) is 58.6 Å². The normalized spacial score (nSPS) is 15.3. The van der Waals surface area contributed by atoms with Gasteiger partial charge >= 0.3 is 0 Å². The fourth-order valence-corrected chi connectivity index (χ4v) is 5.60. The van der Waals surface area contributed by atoms with E-state index in [9.17, 15) is 13.2 Å². The molecule has 1 aliphatic rings. The number of sulfonamides is 1. The summed E-state index contributed by atoms with van der Waals surface area (Å²) in [7, 11) is -0.270. The van der Waals surface area contributed by atoms with Gasteiger partial charge in [0, 0.05) is 30.6 Å². The Morgan fingerprint density at radius 3 is 2.44 bits per heavy atom. The minimum Gasteiger partial charge on any atom is -0.493 e. The molecule has 0 bridgehead atoms. The molecule has 1 aliphatic heterocycles. The number of hydrogen-bond donors (Lipinski definition) is 1. The van der Waals surface area contributed by atoms with E-state index in [-0.39, 0.29) is 17.6 Å². The monoisotopic (exact) mass is 480 g/mol. The van der Waals surface area contributed by atoms with Crippen LogP contribution in [0.4, 0.5) is 0 Å². The summed E-state index contributed by atoms with van der Waals surface area (Å²) in [5, 5.41) is 3.49. The predicted molar refractivity (Wildman–Crippen MR) is 125 cm³/mol. The van der Waals surface area contributed by atoms with Gasteiger partial charge in [-0.25, -0.2) is 12.7 Å². The lowest BCUT2D eigenvalue weighted by Crippen LogP contribution is -2.43. The molecule has 2 aromatic rings. The Morgan fingerprint density at radius 2 is 1.78 bits per heavy atom. The first-order chi connectivity index (χ1) is 15.3. The van der Waals surface area contributed by atoms with Crippen LogP contribution in [-0.4, -0.2) is 52.5 Å². The molecule has 32 heavy (non-hydrogen) atoms. The molecule has 0 aliphatic carbocycles. The number of carbonyl (C=O) groups is 1. The van der Waals surface area contributed by atoms with Gasteiger partial charge in [0.15, 0.2) is 11.5 Å². The summed E-state index contributed by atoms with van der Waals surface area (Å²) in [6.45, 7) is 1.19. The van der Waals surface area contributed by atoms with Crippen molar-refractivity contribution in [1.82, 2.24) is 9.62 Å². The van der Waals surface area contributed by atoms with Gasteiger partial charge in [0.05, 0.1) is 20.0 Å². The van der Waals surface area contributed by atoms with Gasteiger partial charge in [-0.15, -0.1) is 0 Å². The first-order valence-corrected chi connectivity index (χ1v) is 12.5. The zero-order valence-corrected chi connectivity index (χ0v) is 19.9. The van der Waals surface area contributed by atoms with Crippen LogP contribution in [0.15, 0.2) is 42.5 Å². The van der Waals surface area contributed by atoms with Crippen LogP contribution in [-0.2, 0) is 27.0 Å². The Hall–Kier alpha value is -2.29. The van der Waals surface area contributed by atoms with Crippen molar-refractivity contribution < 1.29 is 22.7 Å². The molecular formula is C23H29ClN2O5S. The van der Waals surface area contributed by atoms with E-state index < -0.39 is 10.0 Å². The molecular weight excluding hydrogens is 452 g/mol.